The van der Waals surface area contributed by atoms with E-state index in [1.807, 2.05) is 19.1 Å². The van der Waals surface area contributed by atoms with Crippen LogP contribution in [-0.4, -0.2) is 83.5 Å². The molecule has 3 aliphatic rings. The van der Waals surface area contributed by atoms with Crippen molar-refractivity contribution in [1.82, 2.24) is 25.1 Å². The summed E-state index contributed by atoms with van der Waals surface area (Å²) in [7, 11) is 2.15. The molecule has 1 aromatic heterocycles. The molecule has 2 aliphatic heterocycles. The van der Waals surface area contributed by atoms with Gasteiger partial charge in [0, 0.05) is 69.1 Å². The van der Waals surface area contributed by atoms with E-state index in [0.29, 0.717) is 43.4 Å². The predicted octanol–water partition coefficient (Wildman–Crippen LogP) is 3.75. The summed E-state index contributed by atoms with van der Waals surface area (Å²) in [5, 5.41) is 6.62. The van der Waals surface area contributed by atoms with Crippen LogP contribution in [-0.2, 0) is 11.3 Å². The number of nitrogens with zero attached hydrogens (tertiary/aromatic N) is 5. The third kappa shape index (κ3) is 6.30. The van der Waals surface area contributed by atoms with Crippen molar-refractivity contribution in [1.29, 1.82) is 0 Å². The number of amides is 1. The van der Waals surface area contributed by atoms with Crippen LogP contribution in [0.25, 0.3) is 0 Å². The molecule has 37 heavy (non-hydrogen) atoms. The zero-order valence-electron chi connectivity index (χ0n) is 21.3. The number of hydrogen-bond acceptors (Lipinski definition) is 7. The molecule has 3 heterocycles. The maximum Gasteiger partial charge on any atom is 0.260 e. The molecule has 1 atom stereocenters. The van der Waals surface area contributed by atoms with Gasteiger partial charge < -0.3 is 20.4 Å². The third-order valence-corrected chi connectivity index (χ3v) is 8.02. The lowest BCUT2D eigenvalue weighted by molar-refractivity contribution is -0.126. The van der Waals surface area contributed by atoms with Gasteiger partial charge in [-0.25, -0.2) is 18.7 Å². The van der Waals surface area contributed by atoms with Gasteiger partial charge in [0.25, 0.3) is 5.92 Å². The fourth-order valence-corrected chi connectivity index (χ4v) is 5.10. The number of benzene rings is 1. The summed E-state index contributed by atoms with van der Waals surface area (Å²) >= 11 is 6.41. The molecule has 0 spiro atoms. The quantitative estimate of drug-likeness (QED) is 0.561. The predicted molar refractivity (Wildman–Crippen MR) is 141 cm³/mol. The smallest absolute Gasteiger partial charge is 0.260 e. The Labute approximate surface area is 221 Å². The van der Waals surface area contributed by atoms with Gasteiger partial charge in [-0.3, -0.25) is 9.69 Å². The van der Waals surface area contributed by atoms with Crippen LogP contribution < -0.4 is 15.5 Å². The highest BCUT2D eigenvalue weighted by Gasteiger charge is 2.61. The van der Waals surface area contributed by atoms with Crippen LogP contribution in [0.5, 0.6) is 0 Å². The Bertz CT molecular complexity index is 1120. The normalized spacial score (nSPS) is 23.5. The van der Waals surface area contributed by atoms with Gasteiger partial charge in [-0.05, 0) is 51.1 Å². The molecule has 0 bridgehead atoms. The topological polar surface area (TPSA) is 76.6 Å². The average Bonchev–Trinajstić information content (AvgIpc) is 3.52. The van der Waals surface area contributed by atoms with Gasteiger partial charge in [0.15, 0.2) is 0 Å². The SMILES string of the molecule is CN1CCN(c2ccc(Nc3ncc(Cl)c(CN4CCC(C)(NC(=O)[C@@H]5CC5(F)F)CC4)n3)cc2)CC1. The Balaban J connectivity index is 1.15. The Morgan fingerprint density at radius 1 is 1.11 bits per heavy atom. The summed E-state index contributed by atoms with van der Waals surface area (Å²) in [6.45, 7) is 8.04. The second-order valence-electron chi connectivity index (χ2n) is 10.8. The van der Waals surface area contributed by atoms with Crippen LogP contribution in [0.15, 0.2) is 30.5 Å². The molecule has 2 saturated heterocycles. The van der Waals surface area contributed by atoms with Crippen LogP contribution >= 0.6 is 11.6 Å². The number of alkyl halides is 2. The molecule has 0 radical (unpaired) electrons. The van der Waals surface area contributed by atoms with Crippen LogP contribution in [0, 0.1) is 5.92 Å². The number of halogens is 3. The van der Waals surface area contributed by atoms with Crippen LogP contribution in [0.1, 0.15) is 31.9 Å². The minimum Gasteiger partial charge on any atom is -0.369 e. The number of hydrogen-bond donors (Lipinski definition) is 2. The zero-order valence-corrected chi connectivity index (χ0v) is 22.1. The van der Waals surface area contributed by atoms with Gasteiger partial charge in [0.2, 0.25) is 11.9 Å². The van der Waals surface area contributed by atoms with E-state index < -0.39 is 23.3 Å². The number of nitrogens with one attached hydrogen (secondary N) is 2. The van der Waals surface area contributed by atoms with Crippen molar-refractivity contribution in [3.63, 3.8) is 0 Å². The number of likely N-dealkylation sites (tertiary alicyclic amines) is 1. The maximum atomic E-state index is 13.2. The van der Waals surface area contributed by atoms with Crippen LogP contribution in [0.3, 0.4) is 0 Å². The minimum atomic E-state index is -2.84. The molecule has 8 nitrogen and oxygen atoms in total. The molecule has 0 unspecified atom stereocenters. The van der Waals surface area contributed by atoms with E-state index >= 15 is 0 Å². The minimum absolute atomic E-state index is 0.343. The Morgan fingerprint density at radius 2 is 1.76 bits per heavy atom. The molecule has 200 valence electrons. The van der Waals surface area contributed by atoms with Gasteiger partial charge in [-0.2, -0.15) is 0 Å². The fraction of sp³-hybridized carbons (Fsp3) is 0.577. The van der Waals surface area contributed by atoms with Crippen molar-refractivity contribution in [3.8, 4) is 0 Å². The lowest BCUT2D eigenvalue weighted by atomic mass is 9.89. The van der Waals surface area contributed by atoms with E-state index in [4.69, 9.17) is 11.6 Å². The number of rotatable bonds is 7. The van der Waals surface area contributed by atoms with Gasteiger partial charge in [0.05, 0.1) is 16.9 Å². The molecule has 1 aliphatic carbocycles. The third-order valence-electron chi connectivity index (χ3n) is 7.71. The van der Waals surface area contributed by atoms with Crippen LogP contribution in [0.2, 0.25) is 5.02 Å². The van der Waals surface area contributed by atoms with E-state index in [0.717, 1.165) is 37.6 Å². The molecule has 1 aromatic carbocycles. The summed E-state index contributed by atoms with van der Waals surface area (Å²) in [6, 6.07) is 8.28. The van der Waals surface area contributed by atoms with E-state index in [-0.39, 0.29) is 6.42 Å². The van der Waals surface area contributed by atoms with Crippen molar-refractivity contribution < 1.29 is 13.6 Å². The first kappa shape index (κ1) is 26.1. The summed E-state index contributed by atoms with van der Waals surface area (Å²) in [4.78, 5) is 28.1. The Hall–Kier alpha value is -2.56. The number of aromatic nitrogens is 2. The van der Waals surface area contributed by atoms with Crippen molar-refractivity contribution in [3.05, 3.63) is 41.2 Å². The standard InChI is InChI=1S/C26H34ClF2N7O/c1-25(33-23(37)20-15-26(20,28)29)7-9-35(10-8-25)17-22-21(27)16-30-24(32-22)31-18-3-5-19(6-4-18)36-13-11-34(2)12-14-36/h3-6,16,20H,7-15,17H2,1-2H3,(H,33,37)(H,30,31,32)/t20-/m0/s1. The van der Waals surface area contributed by atoms with Crippen molar-refractivity contribution in [2.45, 2.75) is 44.2 Å². The molecule has 11 heteroatoms. The average molecular weight is 534 g/mol. The summed E-state index contributed by atoms with van der Waals surface area (Å²) in [5.41, 5.74) is 2.34. The molecule has 1 amide bonds. The van der Waals surface area contributed by atoms with Crippen molar-refractivity contribution in [2.75, 3.05) is 56.5 Å². The molecule has 5 rings (SSSR count). The first-order valence-electron chi connectivity index (χ1n) is 12.8. The first-order valence-corrected chi connectivity index (χ1v) is 13.2. The number of carbonyl (C=O) groups excluding carboxylic acids is 1. The number of piperidine rings is 1. The van der Waals surface area contributed by atoms with Gasteiger partial charge in [-0.15, -0.1) is 0 Å². The largest absolute Gasteiger partial charge is 0.369 e. The molecule has 3 fully saturated rings. The van der Waals surface area contributed by atoms with Gasteiger partial charge >= 0.3 is 0 Å². The van der Waals surface area contributed by atoms with E-state index in [9.17, 15) is 13.6 Å². The monoisotopic (exact) mass is 533 g/mol. The number of anilines is 3. The first-order chi connectivity index (χ1) is 17.6. The molecular formula is C26H34ClF2N7O. The molecular weight excluding hydrogens is 500 g/mol. The van der Waals surface area contributed by atoms with Crippen molar-refractivity contribution >= 4 is 34.8 Å². The Kier molecular flexibility index (Phi) is 7.26. The highest BCUT2D eigenvalue weighted by Crippen LogP contribution is 2.49. The summed E-state index contributed by atoms with van der Waals surface area (Å²) < 4.78 is 26.5. The number of likely N-dealkylation sites (N-methyl/N-ethyl adjacent to an activating group) is 1. The van der Waals surface area contributed by atoms with E-state index in [1.54, 1.807) is 6.20 Å². The fourth-order valence-electron chi connectivity index (χ4n) is 4.95. The Morgan fingerprint density at radius 3 is 2.38 bits per heavy atom. The van der Waals surface area contributed by atoms with E-state index in [1.165, 1.54) is 5.69 Å². The number of piperazine rings is 1. The van der Waals surface area contributed by atoms with Crippen molar-refractivity contribution in [2.24, 2.45) is 5.92 Å². The molecule has 2 N–H and O–H groups in total. The summed E-state index contributed by atoms with van der Waals surface area (Å²) in [5.74, 6) is -4.07. The zero-order chi connectivity index (χ0) is 26.2. The van der Waals surface area contributed by atoms with Gasteiger partial charge in [-0.1, -0.05) is 11.6 Å². The van der Waals surface area contributed by atoms with E-state index in [2.05, 4.69) is 54.5 Å². The second-order valence-corrected chi connectivity index (χ2v) is 11.2. The second kappa shape index (κ2) is 10.3. The molecule has 2 aromatic rings. The highest BCUT2D eigenvalue weighted by atomic mass is 35.5. The van der Waals surface area contributed by atoms with Gasteiger partial charge in [0.1, 0.15) is 5.92 Å². The number of carbonyl (C=O) groups is 1. The summed E-state index contributed by atoms with van der Waals surface area (Å²) in [6.07, 6.45) is 2.61. The lowest BCUT2D eigenvalue weighted by Gasteiger charge is -2.40. The lowest BCUT2D eigenvalue weighted by Crippen LogP contribution is -2.53. The van der Waals surface area contributed by atoms with Crippen LogP contribution in [0.4, 0.5) is 26.1 Å². The maximum absolute atomic E-state index is 13.2. The highest BCUT2D eigenvalue weighted by molar-refractivity contribution is 6.31. The molecule has 1 saturated carbocycles.